The molecule has 3 rings (SSSR count). The fourth-order valence-corrected chi connectivity index (χ4v) is 5.60. The Morgan fingerprint density at radius 2 is 1.68 bits per heavy atom. The van der Waals surface area contributed by atoms with Gasteiger partial charge in [-0.1, -0.05) is 49.1 Å². The molecule has 1 unspecified atom stereocenters. The van der Waals surface area contributed by atoms with E-state index >= 15 is 0 Å². The molecule has 0 heterocycles. The van der Waals surface area contributed by atoms with E-state index in [1.807, 2.05) is 11.8 Å². The van der Waals surface area contributed by atoms with Crippen molar-refractivity contribution in [2.24, 2.45) is 0 Å². The van der Waals surface area contributed by atoms with Gasteiger partial charge in [0.15, 0.2) is 0 Å². The van der Waals surface area contributed by atoms with Gasteiger partial charge < -0.3 is 14.7 Å². The van der Waals surface area contributed by atoms with Crippen molar-refractivity contribution in [3.05, 3.63) is 54.1 Å². The number of amides is 1. The maximum absolute atomic E-state index is 13.0. The Morgan fingerprint density at radius 1 is 1.05 bits per heavy atom. The van der Waals surface area contributed by atoms with Crippen LogP contribution in [0.15, 0.2) is 53.4 Å². The van der Waals surface area contributed by atoms with Crippen molar-refractivity contribution < 1.29 is 27.9 Å². The van der Waals surface area contributed by atoms with Crippen molar-refractivity contribution in [3.8, 4) is 0 Å². The molecule has 1 aliphatic carbocycles. The first-order chi connectivity index (χ1) is 17.4. The molecule has 1 saturated carbocycles. The Morgan fingerprint density at radius 3 is 2.27 bits per heavy atom. The summed E-state index contributed by atoms with van der Waals surface area (Å²) in [6.45, 7) is 7.03. The Hall–Kier alpha value is -3.11. The summed E-state index contributed by atoms with van der Waals surface area (Å²) in [6, 6.07) is 11.9. The fourth-order valence-electron chi connectivity index (χ4n) is 4.42. The van der Waals surface area contributed by atoms with E-state index in [4.69, 9.17) is 4.74 Å². The Balaban J connectivity index is 1.93. The molecule has 3 N–H and O–H groups in total. The van der Waals surface area contributed by atoms with Crippen LogP contribution in [0.3, 0.4) is 0 Å². The molecule has 37 heavy (non-hydrogen) atoms. The Labute approximate surface area is 219 Å². The number of aliphatic carboxylic acids is 1. The number of hydrogen-bond acceptors (Lipinski definition) is 6. The van der Waals surface area contributed by atoms with Gasteiger partial charge in [-0.15, -0.1) is 0 Å². The van der Waals surface area contributed by atoms with Crippen molar-refractivity contribution in [2.75, 3.05) is 16.8 Å². The zero-order chi connectivity index (χ0) is 27.2. The number of carbonyl (C=O) groups excluding carboxylic acids is 1. The van der Waals surface area contributed by atoms with Gasteiger partial charge in [-0.2, -0.15) is 4.72 Å². The van der Waals surface area contributed by atoms with Crippen LogP contribution < -0.4 is 14.9 Å². The van der Waals surface area contributed by atoms with Crippen LogP contribution in [0.5, 0.6) is 0 Å². The molecule has 10 heteroatoms. The lowest BCUT2D eigenvalue weighted by Crippen LogP contribution is -2.51. The van der Waals surface area contributed by atoms with E-state index in [1.165, 1.54) is 12.1 Å². The normalized spacial score (nSPS) is 15.6. The van der Waals surface area contributed by atoms with E-state index in [-0.39, 0.29) is 17.5 Å². The number of ether oxygens (including phenoxy) is 1. The van der Waals surface area contributed by atoms with E-state index in [2.05, 4.69) is 10.0 Å². The van der Waals surface area contributed by atoms with Crippen LogP contribution in [-0.4, -0.2) is 49.8 Å². The number of benzene rings is 2. The van der Waals surface area contributed by atoms with Crippen LogP contribution in [0.2, 0.25) is 0 Å². The number of carboxylic acids is 1. The number of sulfonamides is 1. The first-order valence-corrected chi connectivity index (χ1v) is 14.0. The lowest BCUT2D eigenvalue weighted by molar-refractivity contribution is -0.138. The molecule has 1 aliphatic rings. The summed E-state index contributed by atoms with van der Waals surface area (Å²) in [6.07, 6.45) is 4.09. The van der Waals surface area contributed by atoms with E-state index < -0.39 is 33.7 Å². The van der Waals surface area contributed by atoms with Crippen LogP contribution in [0.25, 0.3) is 0 Å². The molecular weight excluding hydrogens is 494 g/mol. The van der Waals surface area contributed by atoms with Crippen LogP contribution in [0, 0.1) is 6.92 Å². The SMILES string of the molecule is Cc1ccc(S(=O)(=O)NC(CN(c2ccccc2NC(=O)OC(C)(C)C)C2CCCCC2)C(=O)O)cc1. The topological polar surface area (TPSA) is 125 Å². The minimum absolute atomic E-state index is 0.000518. The highest BCUT2D eigenvalue weighted by atomic mass is 32.2. The smallest absolute Gasteiger partial charge is 0.412 e. The molecule has 0 aliphatic heterocycles. The van der Waals surface area contributed by atoms with Crippen molar-refractivity contribution in [3.63, 3.8) is 0 Å². The molecule has 0 saturated heterocycles. The number of rotatable bonds is 9. The number of nitrogens with one attached hydrogen (secondary N) is 2. The summed E-state index contributed by atoms with van der Waals surface area (Å²) >= 11 is 0. The third kappa shape index (κ3) is 8.19. The summed E-state index contributed by atoms with van der Waals surface area (Å²) in [5, 5.41) is 12.8. The molecule has 9 nitrogen and oxygen atoms in total. The van der Waals surface area contributed by atoms with Gasteiger partial charge in [0, 0.05) is 12.6 Å². The van der Waals surface area contributed by atoms with Gasteiger partial charge in [-0.05, 0) is 64.8 Å². The zero-order valence-corrected chi connectivity index (χ0v) is 22.7. The largest absolute Gasteiger partial charge is 0.480 e. The second kappa shape index (κ2) is 12.0. The fraction of sp³-hybridized carbons (Fsp3) is 0.481. The van der Waals surface area contributed by atoms with Crippen LogP contribution >= 0.6 is 0 Å². The molecule has 1 fully saturated rings. The van der Waals surface area contributed by atoms with Crippen LogP contribution in [0.1, 0.15) is 58.4 Å². The first kappa shape index (κ1) is 28.5. The monoisotopic (exact) mass is 531 g/mol. The highest BCUT2D eigenvalue weighted by Crippen LogP contribution is 2.33. The van der Waals surface area contributed by atoms with Crippen molar-refractivity contribution in [1.29, 1.82) is 0 Å². The average molecular weight is 532 g/mol. The minimum atomic E-state index is -4.08. The van der Waals surface area contributed by atoms with Gasteiger partial charge in [0.25, 0.3) is 0 Å². The van der Waals surface area contributed by atoms with Crippen molar-refractivity contribution in [2.45, 2.75) is 82.4 Å². The molecule has 2 aromatic carbocycles. The molecule has 0 spiro atoms. The van der Waals surface area contributed by atoms with Gasteiger partial charge in [0.2, 0.25) is 10.0 Å². The third-order valence-corrected chi connectivity index (χ3v) is 7.66. The third-order valence-electron chi connectivity index (χ3n) is 6.17. The lowest BCUT2D eigenvalue weighted by atomic mass is 9.93. The molecule has 0 aromatic heterocycles. The summed E-state index contributed by atoms with van der Waals surface area (Å²) in [5.41, 5.74) is 1.28. The highest BCUT2D eigenvalue weighted by Gasteiger charge is 2.32. The number of nitrogens with zero attached hydrogens (tertiary/aromatic N) is 1. The van der Waals surface area contributed by atoms with Crippen LogP contribution in [0.4, 0.5) is 16.2 Å². The van der Waals surface area contributed by atoms with Gasteiger partial charge >= 0.3 is 12.1 Å². The molecule has 2 aromatic rings. The van der Waals surface area contributed by atoms with E-state index in [9.17, 15) is 23.1 Å². The second-order valence-electron chi connectivity index (χ2n) is 10.4. The second-order valence-corrected chi connectivity index (χ2v) is 12.1. The summed E-state index contributed by atoms with van der Waals surface area (Å²) in [4.78, 5) is 26.7. The minimum Gasteiger partial charge on any atom is -0.480 e. The van der Waals surface area contributed by atoms with E-state index in [0.29, 0.717) is 11.4 Å². The molecule has 1 amide bonds. The van der Waals surface area contributed by atoms with Gasteiger partial charge in [0.1, 0.15) is 11.6 Å². The average Bonchev–Trinajstić information content (AvgIpc) is 2.82. The maximum atomic E-state index is 13.0. The van der Waals surface area contributed by atoms with Gasteiger partial charge in [0.05, 0.1) is 16.3 Å². The summed E-state index contributed by atoms with van der Waals surface area (Å²) in [7, 11) is -4.08. The Kier molecular flexibility index (Phi) is 9.20. The molecule has 1 atom stereocenters. The molecular formula is C27H37N3O6S. The predicted molar refractivity (Wildman–Crippen MR) is 143 cm³/mol. The molecule has 0 bridgehead atoms. The first-order valence-electron chi connectivity index (χ1n) is 12.5. The lowest BCUT2D eigenvalue weighted by Gasteiger charge is -2.38. The van der Waals surface area contributed by atoms with Crippen LogP contribution in [-0.2, 0) is 19.6 Å². The number of carbonyl (C=O) groups is 2. The Bertz CT molecular complexity index is 1190. The van der Waals surface area contributed by atoms with E-state index in [1.54, 1.807) is 57.2 Å². The van der Waals surface area contributed by atoms with Gasteiger partial charge in [-0.25, -0.2) is 13.2 Å². The van der Waals surface area contributed by atoms with Crippen molar-refractivity contribution >= 4 is 33.5 Å². The highest BCUT2D eigenvalue weighted by molar-refractivity contribution is 7.89. The maximum Gasteiger partial charge on any atom is 0.412 e. The number of hydrogen-bond donors (Lipinski definition) is 3. The quantitative estimate of drug-likeness (QED) is 0.420. The van der Waals surface area contributed by atoms with Gasteiger partial charge in [-0.3, -0.25) is 10.1 Å². The molecule has 202 valence electrons. The molecule has 0 radical (unpaired) electrons. The number of para-hydroxylation sites is 2. The van der Waals surface area contributed by atoms with E-state index in [0.717, 1.165) is 37.7 Å². The summed E-state index contributed by atoms with van der Waals surface area (Å²) < 4.78 is 33.9. The number of anilines is 2. The number of aryl methyl sites for hydroxylation is 1. The van der Waals surface area contributed by atoms with Crippen molar-refractivity contribution in [1.82, 2.24) is 4.72 Å². The standard InChI is InChI=1S/C27H37N3O6S/c1-19-14-16-21(17-15-19)37(34,35)29-23(25(31)32)18-30(20-10-6-5-7-11-20)24-13-9-8-12-22(24)28-26(33)36-27(2,3)4/h8-9,12-17,20,23,29H,5-7,10-11,18H2,1-4H3,(H,28,33)(H,31,32). The predicted octanol–water partition coefficient (Wildman–Crippen LogP) is 4.91. The summed E-state index contributed by atoms with van der Waals surface area (Å²) in [5.74, 6) is -1.28. The zero-order valence-electron chi connectivity index (χ0n) is 21.9. The number of carboxylic acid groups (broad SMARTS) is 1.